The number of para-hydroxylation sites is 1. The van der Waals surface area contributed by atoms with E-state index in [1.165, 1.54) is 0 Å². The van der Waals surface area contributed by atoms with E-state index in [-0.39, 0.29) is 0 Å². The molecule has 0 fully saturated rings. The Kier molecular flexibility index (Phi) is 5.22. The highest BCUT2D eigenvalue weighted by Crippen LogP contribution is 2.33. The third-order valence-corrected chi connectivity index (χ3v) is 3.64. The van der Waals surface area contributed by atoms with Crippen molar-refractivity contribution in [2.45, 2.75) is 26.7 Å². The van der Waals surface area contributed by atoms with Crippen molar-refractivity contribution in [3.63, 3.8) is 0 Å². The third-order valence-electron chi connectivity index (χ3n) is 3.01. The highest BCUT2D eigenvalue weighted by atomic mass is 35.5. The molecule has 1 aromatic heterocycles. The number of hydrazine groups is 1. The summed E-state index contributed by atoms with van der Waals surface area (Å²) in [5, 5.41) is 4.23. The number of nitrogens with one attached hydrogen (secondary N) is 2. The number of hydrogen-bond acceptors (Lipinski definition) is 5. The fourth-order valence-corrected chi connectivity index (χ4v) is 2.39. The molecule has 0 bridgehead atoms. The van der Waals surface area contributed by atoms with E-state index in [0.717, 1.165) is 18.4 Å². The predicted molar refractivity (Wildman–Crippen MR) is 88.3 cm³/mol. The molecule has 0 amide bonds. The van der Waals surface area contributed by atoms with Gasteiger partial charge in [0, 0.05) is 12.0 Å². The quantitative estimate of drug-likeness (QED) is 0.570. The molecule has 5 nitrogen and oxygen atoms in total. The van der Waals surface area contributed by atoms with Crippen molar-refractivity contribution in [3.8, 4) is 0 Å². The van der Waals surface area contributed by atoms with Crippen LogP contribution in [0.3, 0.4) is 0 Å². The Morgan fingerprint density at radius 2 is 1.76 bits per heavy atom. The van der Waals surface area contributed by atoms with Crippen LogP contribution in [0, 0.1) is 6.92 Å². The fourth-order valence-electron chi connectivity index (χ4n) is 1.90. The molecule has 0 radical (unpaired) electrons. The summed E-state index contributed by atoms with van der Waals surface area (Å²) in [6.45, 7) is 3.94. The van der Waals surface area contributed by atoms with Crippen LogP contribution in [0.1, 0.15) is 24.7 Å². The molecular weight excluding hydrogens is 309 g/mol. The number of aromatic nitrogens is 2. The molecule has 0 aliphatic carbocycles. The van der Waals surface area contributed by atoms with Crippen LogP contribution in [0.25, 0.3) is 0 Å². The van der Waals surface area contributed by atoms with Crippen LogP contribution in [0.15, 0.2) is 18.2 Å². The van der Waals surface area contributed by atoms with Gasteiger partial charge < -0.3 is 10.7 Å². The van der Waals surface area contributed by atoms with Gasteiger partial charge in [0.2, 0.25) is 0 Å². The molecule has 0 aliphatic heterocycles. The average Bonchev–Trinajstić information content (AvgIpc) is 2.46. The monoisotopic (exact) mass is 325 g/mol. The smallest absolute Gasteiger partial charge is 0.148 e. The van der Waals surface area contributed by atoms with Gasteiger partial charge in [-0.05, 0) is 25.5 Å². The van der Waals surface area contributed by atoms with E-state index in [1.54, 1.807) is 18.2 Å². The van der Waals surface area contributed by atoms with Gasteiger partial charge in [0.25, 0.3) is 0 Å². The number of rotatable bonds is 5. The first-order valence-corrected chi connectivity index (χ1v) is 7.37. The summed E-state index contributed by atoms with van der Waals surface area (Å²) in [7, 11) is 0. The summed E-state index contributed by atoms with van der Waals surface area (Å²) in [6, 6.07) is 5.32. The van der Waals surface area contributed by atoms with Crippen molar-refractivity contribution in [1.29, 1.82) is 0 Å². The molecule has 21 heavy (non-hydrogen) atoms. The Morgan fingerprint density at radius 3 is 2.33 bits per heavy atom. The van der Waals surface area contributed by atoms with E-state index >= 15 is 0 Å². The highest BCUT2D eigenvalue weighted by molar-refractivity contribution is 6.39. The zero-order valence-electron chi connectivity index (χ0n) is 11.9. The maximum Gasteiger partial charge on any atom is 0.148 e. The number of benzene rings is 1. The number of anilines is 3. The normalized spacial score (nSPS) is 10.5. The Hall–Kier alpha value is -1.56. The van der Waals surface area contributed by atoms with E-state index in [1.807, 2.05) is 6.92 Å². The van der Waals surface area contributed by atoms with Crippen LogP contribution in [0.2, 0.25) is 10.0 Å². The first-order chi connectivity index (χ1) is 10.1. The standard InChI is InChI=1S/C14H17Cl2N5/c1-3-5-11-18-13(8(2)14(19-11)21-17)20-12-9(15)6-4-7-10(12)16/h4,6-7H,3,5,17H2,1-2H3,(H2,18,19,20,21). The molecular formula is C14H17Cl2N5. The summed E-state index contributed by atoms with van der Waals surface area (Å²) in [4.78, 5) is 8.89. The number of aryl methyl sites for hydroxylation is 1. The zero-order chi connectivity index (χ0) is 15.4. The number of hydrogen-bond donors (Lipinski definition) is 3. The van der Waals surface area contributed by atoms with Crippen LogP contribution >= 0.6 is 23.2 Å². The van der Waals surface area contributed by atoms with Gasteiger partial charge >= 0.3 is 0 Å². The lowest BCUT2D eigenvalue weighted by Gasteiger charge is -2.15. The Bertz CT molecular complexity index is 625. The molecule has 2 aromatic rings. The fraction of sp³-hybridized carbons (Fsp3) is 0.286. The minimum atomic E-state index is 0.528. The SMILES string of the molecule is CCCc1nc(NN)c(C)c(Nc2c(Cl)cccc2Cl)n1. The zero-order valence-corrected chi connectivity index (χ0v) is 13.4. The second kappa shape index (κ2) is 6.93. The first-order valence-electron chi connectivity index (χ1n) is 6.62. The van der Waals surface area contributed by atoms with Crippen molar-refractivity contribution < 1.29 is 0 Å². The van der Waals surface area contributed by atoms with Gasteiger partial charge in [-0.3, -0.25) is 0 Å². The lowest BCUT2D eigenvalue weighted by molar-refractivity contribution is 0.833. The van der Waals surface area contributed by atoms with Gasteiger partial charge in [0.05, 0.1) is 15.7 Å². The Balaban J connectivity index is 2.45. The van der Waals surface area contributed by atoms with Crippen LogP contribution < -0.4 is 16.6 Å². The molecule has 7 heteroatoms. The first kappa shape index (κ1) is 15.8. The van der Waals surface area contributed by atoms with Crippen molar-refractivity contribution in [2.75, 3.05) is 10.7 Å². The number of nitrogens with two attached hydrogens (primary N) is 1. The van der Waals surface area contributed by atoms with Gasteiger partial charge in [-0.15, -0.1) is 0 Å². The lowest BCUT2D eigenvalue weighted by atomic mass is 10.2. The maximum absolute atomic E-state index is 6.18. The van der Waals surface area contributed by atoms with Crippen molar-refractivity contribution >= 4 is 40.5 Å². The second-order valence-corrected chi connectivity index (χ2v) is 5.39. The molecule has 0 saturated carbocycles. The Morgan fingerprint density at radius 1 is 1.14 bits per heavy atom. The predicted octanol–water partition coefficient (Wildman–Crippen LogP) is 4.07. The van der Waals surface area contributed by atoms with Gasteiger partial charge in [0.15, 0.2) is 0 Å². The minimum absolute atomic E-state index is 0.528. The van der Waals surface area contributed by atoms with Gasteiger partial charge in [-0.25, -0.2) is 15.8 Å². The molecule has 1 aromatic carbocycles. The summed E-state index contributed by atoms with van der Waals surface area (Å²) in [5.74, 6) is 7.45. The van der Waals surface area contributed by atoms with E-state index in [2.05, 4.69) is 27.6 Å². The van der Waals surface area contributed by atoms with Gasteiger partial charge in [0.1, 0.15) is 17.5 Å². The van der Waals surface area contributed by atoms with Crippen molar-refractivity contribution in [3.05, 3.63) is 39.6 Å². The van der Waals surface area contributed by atoms with Crippen molar-refractivity contribution in [2.24, 2.45) is 5.84 Å². The summed E-state index contributed by atoms with van der Waals surface area (Å²) in [6.07, 6.45) is 1.71. The molecule has 0 saturated heterocycles. The largest absolute Gasteiger partial charge is 0.337 e. The van der Waals surface area contributed by atoms with Crippen LogP contribution in [0.5, 0.6) is 0 Å². The molecule has 2 rings (SSSR count). The molecule has 112 valence electrons. The molecule has 0 spiro atoms. The number of nitrogens with zero attached hydrogens (tertiary/aromatic N) is 2. The van der Waals surface area contributed by atoms with E-state index in [9.17, 15) is 0 Å². The average molecular weight is 326 g/mol. The molecule has 0 aliphatic rings. The van der Waals surface area contributed by atoms with E-state index < -0.39 is 0 Å². The van der Waals surface area contributed by atoms with Crippen LogP contribution in [0.4, 0.5) is 17.3 Å². The highest BCUT2D eigenvalue weighted by Gasteiger charge is 2.13. The molecule has 1 heterocycles. The molecule has 0 unspecified atom stereocenters. The summed E-state index contributed by atoms with van der Waals surface area (Å²) < 4.78 is 0. The van der Waals surface area contributed by atoms with Gasteiger partial charge in [-0.2, -0.15) is 0 Å². The van der Waals surface area contributed by atoms with Gasteiger partial charge in [-0.1, -0.05) is 36.2 Å². The number of nitrogen functional groups attached to an aromatic ring is 1. The van der Waals surface area contributed by atoms with Crippen molar-refractivity contribution in [1.82, 2.24) is 9.97 Å². The second-order valence-electron chi connectivity index (χ2n) is 4.58. The summed E-state index contributed by atoms with van der Waals surface area (Å²) in [5.41, 5.74) is 4.01. The van der Waals surface area contributed by atoms with E-state index in [4.69, 9.17) is 29.0 Å². The summed E-state index contributed by atoms with van der Waals surface area (Å²) >= 11 is 12.4. The minimum Gasteiger partial charge on any atom is -0.337 e. The van der Waals surface area contributed by atoms with Crippen LogP contribution in [-0.2, 0) is 6.42 Å². The van der Waals surface area contributed by atoms with E-state index in [0.29, 0.717) is 33.2 Å². The number of halogens is 2. The maximum atomic E-state index is 6.18. The third kappa shape index (κ3) is 3.56. The lowest BCUT2D eigenvalue weighted by Crippen LogP contribution is -2.14. The topological polar surface area (TPSA) is 75.9 Å². The molecule has 0 atom stereocenters. The Labute approximate surface area is 133 Å². The van der Waals surface area contributed by atoms with Crippen LogP contribution in [-0.4, -0.2) is 9.97 Å². The molecule has 4 N–H and O–H groups in total.